The Morgan fingerprint density at radius 3 is 2.55 bits per heavy atom. The van der Waals surface area contributed by atoms with Crippen LogP contribution in [0.1, 0.15) is 37.2 Å². The maximum atomic E-state index is 13.5. The second-order valence-electron chi connectivity index (χ2n) is 7.36. The molecule has 0 saturated heterocycles. The van der Waals surface area contributed by atoms with Crippen LogP contribution in [0.25, 0.3) is 0 Å². The summed E-state index contributed by atoms with van der Waals surface area (Å²) < 4.78 is 13.5. The SMILES string of the molecule is O=C(Nc1ccc(Cl)c(F)c1)C(=O)NC1CCC(c2ccccc2)CC1CCO. The van der Waals surface area contributed by atoms with Gasteiger partial charge in [0.1, 0.15) is 5.82 Å². The van der Waals surface area contributed by atoms with Crippen molar-refractivity contribution in [3.8, 4) is 0 Å². The molecule has 2 amide bonds. The van der Waals surface area contributed by atoms with Crippen molar-refractivity contribution in [2.24, 2.45) is 5.92 Å². The van der Waals surface area contributed by atoms with Crippen molar-refractivity contribution >= 4 is 29.1 Å². The molecule has 0 aromatic heterocycles. The zero-order valence-corrected chi connectivity index (χ0v) is 16.7. The molecule has 154 valence electrons. The Kier molecular flexibility index (Phi) is 7.23. The van der Waals surface area contributed by atoms with Crippen LogP contribution < -0.4 is 10.6 Å². The predicted molar refractivity (Wildman–Crippen MR) is 110 cm³/mol. The van der Waals surface area contributed by atoms with E-state index in [1.165, 1.54) is 17.7 Å². The molecule has 2 aromatic carbocycles. The van der Waals surface area contributed by atoms with Crippen LogP contribution >= 0.6 is 11.6 Å². The van der Waals surface area contributed by atoms with Crippen LogP contribution in [-0.2, 0) is 9.59 Å². The van der Waals surface area contributed by atoms with Crippen molar-refractivity contribution in [3.05, 3.63) is 64.9 Å². The Labute approximate surface area is 174 Å². The normalized spacial score (nSPS) is 21.4. The van der Waals surface area contributed by atoms with Gasteiger partial charge in [0.25, 0.3) is 0 Å². The minimum absolute atomic E-state index is 0.0226. The van der Waals surface area contributed by atoms with Crippen LogP contribution in [0.3, 0.4) is 0 Å². The van der Waals surface area contributed by atoms with Gasteiger partial charge in [-0.1, -0.05) is 41.9 Å². The van der Waals surface area contributed by atoms with E-state index in [2.05, 4.69) is 22.8 Å². The Morgan fingerprint density at radius 1 is 1.10 bits per heavy atom. The van der Waals surface area contributed by atoms with E-state index in [4.69, 9.17) is 11.6 Å². The van der Waals surface area contributed by atoms with E-state index in [1.54, 1.807) is 0 Å². The first-order valence-corrected chi connectivity index (χ1v) is 10.1. The number of hydrogen-bond donors (Lipinski definition) is 3. The van der Waals surface area contributed by atoms with Gasteiger partial charge >= 0.3 is 11.8 Å². The number of benzene rings is 2. The topological polar surface area (TPSA) is 78.4 Å². The Hall–Kier alpha value is -2.44. The summed E-state index contributed by atoms with van der Waals surface area (Å²) in [7, 11) is 0. The third kappa shape index (κ3) is 5.55. The molecule has 0 bridgehead atoms. The first-order valence-electron chi connectivity index (χ1n) is 9.70. The lowest BCUT2D eigenvalue weighted by atomic mass is 9.74. The van der Waals surface area contributed by atoms with E-state index in [1.807, 2.05) is 18.2 Å². The molecule has 1 aliphatic carbocycles. The fourth-order valence-corrected chi connectivity index (χ4v) is 4.08. The largest absolute Gasteiger partial charge is 0.396 e. The van der Waals surface area contributed by atoms with Gasteiger partial charge < -0.3 is 15.7 Å². The highest BCUT2D eigenvalue weighted by Gasteiger charge is 2.33. The zero-order valence-electron chi connectivity index (χ0n) is 15.9. The molecule has 29 heavy (non-hydrogen) atoms. The summed E-state index contributed by atoms with van der Waals surface area (Å²) in [6.45, 7) is 0.0226. The average molecular weight is 419 g/mol. The summed E-state index contributed by atoms with van der Waals surface area (Å²) in [5, 5.41) is 14.6. The standard InChI is InChI=1S/C22H24ClFN2O3/c23-18-8-7-17(13-19(18)24)25-21(28)22(29)26-20-9-6-15(12-16(20)10-11-27)14-4-2-1-3-5-14/h1-5,7-8,13,15-16,20,27H,6,9-12H2,(H,25,28)(H,26,29). The fraction of sp³-hybridized carbons (Fsp3) is 0.364. The van der Waals surface area contributed by atoms with Gasteiger partial charge in [-0.3, -0.25) is 9.59 Å². The van der Waals surface area contributed by atoms with E-state index >= 15 is 0 Å². The molecule has 0 spiro atoms. The molecule has 3 unspecified atom stereocenters. The van der Waals surface area contributed by atoms with Crippen LogP contribution in [0.15, 0.2) is 48.5 Å². The van der Waals surface area contributed by atoms with Crippen LogP contribution in [0, 0.1) is 11.7 Å². The van der Waals surface area contributed by atoms with Crippen molar-refractivity contribution in [2.45, 2.75) is 37.6 Å². The van der Waals surface area contributed by atoms with Crippen LogP contribution in [-0.4, -0.2) is 29.6 Å². The first kappa shape index (κ1) is 21.3. The monoisotopic (exact) mass is 418 g/mol. The summed E-state index contributed by atoms with van der Waals surface area (Å²) in [5.74, 6) is -1.87. The number of hydrogen-bond acceptors (Lipinski definition) is 3. The van der Waals surface area contributed by atoms with Gasteiger partial charge in [-0.25, -0.2) is 4.39 Å². The summed E-state index contributed by atoms with van der Waals surface area (Å²) >= 11 is 5.62. The van der Waals surface area contributed by atoms with Crippen molar-refractivity contribution in [1.82, 2.24) is 5.32 Å². The molecule has 3 rings (SSSR count). The lowest BCUT2D eigenvalue weighted by Crippen LogP contribution is -2.47. The Bertz CT molecular complexity index is 862. The van der Waals surface area contributed by atoms with Gasteiger partial charge in [-0.15, -0.1) is 0 Å². The van der Waals surface area contributed by atoms with Gasteiger partial charge in [0.05, 0.1) is 5.02 Å². The molecular weight excluding hydrogens is 395 g/mol. The van der Waals surface area contributed by atoms with Gasteiger partial charge in [-0.2, -0.15) is 0 Å². The van der Waals surface area contributed by atoms with Crippen molar-refractivity contribution in [1.29, 1.82) is 0 Å². The number of carbonyl (C=O) groups is 2. The van der Waals surface area contributed by atoms with Gasteiger partial charge in [0, 0.05) is 18.3 Å². The van der Waals surface area contributed by atoms with Gasteiger partial charge in [0.2, 0.25) is 0 Å². The van der Waals surface area contributed by atoms with Crippen molar-refractivity contribution in [3.63, 3.8) is 0 Å². The van der Waals surface area contributed by atoms with E-state index in [9.17, 15) is 19.1 Å². The highest BCUT2D eigenvalue weighted by molar-refractivity contribution is 6.39. The molecule has 7 heteroatoms. The van der Waals surface area contributed by atoms with E-state index in [-0.39, 0.29) is 29.3 Å². The molecular formula is C22H24ClFN2O3. The Balaban J connectivity index is 1.60. The number of halogens is 2. The van der Waals surface area contributed by atoms with Crippen LogP contribution in [0.5, 0.6) is 0 Å². The molecule has 1 fully saturated rings. The van der Waals surface area contributed by atoms with E-state index in [0.717, 1.165) is 25.3 Å². The molecule has 3 atom stereocenters. The number of rotatable bonds is 5. The number of carbonyl (C=O) groups excluding carboxylic acids is 2. The summed E-state index contributed by atoms with van der Waals surface area (Å²) in [4.78, 5) is 24.6. The van der Waals surface area contributed by atoms with Crippen LogP contribution in [0.4, 0.5) is 10.1 Å². The minimum atomic E-state index is -0.861. The van der Waals surface area contributed by atoms with Gasteiger partial charge in [0.15, 0.2) is 0 Å². The highest BCUT2D eigenvalue weighted by atomic mass is 35.5. The third-order valence-corrected chi connectivity index (χ3v) is 5.76. The lowest BCUT2D eigenvalue weighted by Gasteiger charge is -2.36. The number of aliphatic hydroxyl groups is 1. The first-order chi connectivity index (χ1) is 14.0. The molecule has 0 radical (unpaired) electrons. The molecule has 0 heterocycles. The van der Waals surface area contributed by atoms with Crippen LogP contribution in [0.2, 0.25) is 5.02 Å². The molecule has 0 aliphatic heterocycles. The number of aliphatic hydroxyl groups excluding tert-OH is 1. The van der Waals surface area contributed by atoms with E-state index < -0.39 is 17.6 Å². The maximum Gasteiger partial charge on any atom is 0.313 e. The summed E-state index contributed by atoms with van der Waals surface area (Å²) in [6, 6.07) is 13.8. The predicted octanol–water partition coefficient (Wildman–Crippen LogP) is 3.87. The third-order valence-electron chi connectivity index (χ3n) is 5.45. The lowest BCUT2D eigenvalue weighted by molar-refractivity contribution is -0.137. The second-order valence-corrected chi connectivity index (χ2v) is 7.76. The minimum Gasteiger partial charge on any atom is -0.396 e. The molecule has 5 nitrogen and oxygen atoms in total. The smallest absolute Gasteiger partial charge is 0.313 e. The van der Waals surface area contributed by atoms with Gasteiger partial charge in [-0.05, 0) is 61.3 Å². The van der Waals surface area contributed by atoms with Crippen molar-refractivity contribution < 1.29 is 19.1 Å². The number of amides is 2. The fourth-order valence-electron chi connectivity index (χ4n) is 3.96. The average Bonchev–Trinajstić information content (AvgIpc) is 2.72. The quantitative estimate of drug-likeness (QED) is 0.645. The number of nitrogens with one attached hydrogen (secondary N) is 2. The molecule has 1 saturated carbocycles. The molecule has 3 N–H and O–H groups in total. The highest BCUT2D eigenvalue weighted by Crippen LogP contribution is 2.37. The maximum absolute atomic E-state index is 13.5. The zero-order chi connectivity index (χ0) is 20.8. The summed E-state index contributed by atoms with van der Waals surface area (Å²) in [5.41, 5.74) is 1.41. The summed E-state index contributed by atoms with van der Waals surface area (Å²) in [6.07, 6.45) is 3.00. The van der Waals surface area contributed by atoms with E-state index in [0.29, 0.717) is 12.3 Å². The molecule has 2 aromatic rings. The molecule has 1 aliphatic rings. The number of anilines is 1. The Morgan fingerprint density at radius 2 is 1.86 bits per heavy atom. The second kappa shape index (κ2) is 9.85. The van der Waals surface area contributed by atoms with Crippen molar-refractivity contribution in [2.75, 3.05) is 11.9 Å².